The maximum Gasteiger partial charge on any atom is 0.245 e. The minimum absolute atomic E-state index is 0. The van der Waals surface area contributed by atoms with Crippen molar-refractivity contribution in [3.63, 3.8) is 0 Å². The average molecular weight is 156 g/mol. The number of primary sulfonamides is 1. The lowest BCUT2D eigenvalue weighted by molar-refractivity contribution is 0.475. The second kappa shape index (κ2) is 3.54. The van der Waals surface area contributed by atoms with Gasteiger partial charge in [-0.3, -0.25) is 0 Å². The van der Waals surface area contributed by atoms with E-state index in [9.17, 15) is 12.8 Å². The van der Waals surface area contributed by atoms with Gasteiger partial charge in [-0.25, -0.2) is 17.9 Å². The third-order valence-electron chi connectivity index (χ3n) is 0.499. The number of halogens is 1. The molecule has 0 amide bonds. The van der Waals surface area contributed by atoms with Gasteiger partial charge < -0.3 is 6.15 Å². The predicted molar refractivity (Wildman–Crippen MR) is 33.2 cm³/mol. The molecule has 1 atom stereocenters. The molecule has 0 fully saturated rings. The summed E-state index contributed by atoms with van der Waals surface area (Å²) in [7, 11) is -4.04. The van der Waals surface area contributed by atoms with Crippen molar-refractivity contribution in [2.45, 2.75) is 5.50 Å². The van der Waals surface area contributed by atoms with E-state index in [1.54, 1.807) is 0 Å². The molecule has 0 aromatic heterocycles. The van der Waals surface area contributed by atoms with Crippen molar-refractivity contribution >= 4 is 10.0 Å². The van der Waals surface area contributed by atoms with Gasteiger partial charge in [-0.05, 0) is 6.08 Å². The van der Waals surface area contributed by atoms with Crippen LogP contribution in [0.15, 0.2) is 12.7 Å². The first-order valence-corrected chi connectivity index (χ1v) is 3.37. The number of sulfonamides is 1. The van der Waals surface area contributed by atoms with Gasteiger partial charge in [-0.2, -0.15) is 0 Å². The fourth-order valence-corrected chi connectivity index (χ4v) is 0.402. The van der Waals surface area contributed by atoms with Gasteiger partial charge in [0.1, 0.15) is 0 Å². The lowest BCUT2D eigenvalue weighted by Gasteiger charge is -1.94. The van der Waals surface area contributed by atoms with Crippen LogP contribution in [0.2, 0.25) is 0 Å². The highest BCUT2D eigenvalue weighted by molar-refractivity contribution is 7.89. The summed E-state index contributed by atoms with van der Waals surface area (Å²) in [5.41, 5.74) is -2.14. The lowest BCUT2D eigenvalue weighted by atomic mass is 10.7. The van der Waals surface area contributed by atoms with Crippen LogP contribution in [0.1, 0.15) is 0 Å². The molecular formula is C3H9FN2O2S. The van der Waals surface area contributed by atoms with E-state index in [1.165, 1.54) is 0 Å². The fourth-order valence-electron chi connectivity index (χ4n) is 0.134. The Hall–Kier alpha value is -0.460. The third kappa shape index (κ3) is 4.07. The molecule has 4 nitrogen and oxygen atoms in total. The van der Waals surface area contributed by atoms with Crippen molar-refractivity contribution in [3.8, 4) is 0 Å². The maximum absolute atomic E-state index is 11.8. The summed E-state index contributed by atoms with van der Waals surface area (Å²) in [5.74, 6) is 0. The predicted octanol–water partition coefficient (Wildman–Crippen LogP) is -0.0815. The van der Waals surface area contributed by atoms with Gasteiger partial charge in [-0.15, -0.1) is 0 Å². The Balaban J connectivity index is 0. The number of nitrogens with two attached hydrogens (primary N) is 1. The van der Waals surface area contributed by atoms with Crippen molar-refractivity contribution in [1.82, 2.24) is 6.15 Å². The number of hydrogen-bond donors (Lipinski definition) is 2. The van der Waals surface area contributed by atoms with E-state index in [0.717, 1.165) is 0 Å². The molecule has 0 bridgehead atoms. The Morgan fingerprint density at radius 3 is 2.00 bits per heavy atom. The second-order valence-electron chi connectivity index (χ2n) is 1.18. The Kier molecular flexibility index (Phi) is 4.47. The van der Waals surface area contributed by atoms with Crippen LogP contribution in [0.3, 0.4) is 0 Å². The van der Waals surface area contributed by atoms with Gasteiger partial charge in [0, 0.05) is 0 Å². The highest BCUT2D eigenvalue weighted by atomic mass is 32.2. The van der Waals surface area contributed by atoms with Crippen molar-refractivity contribution in [2.24, 2.45) is 5.14 Å². The monoisotopic (exact) mass is 156 g/mol. The quantitative estimate of drug-likeness (QED) is 0.547. The summed E-state index contributed by atoms with van der Waals surface area (Å²) in [6.45, 7) is 2.89. The van der Waals surface area contributed by atoms with E-state index < -0.39 is 15.5 Å². The summed E-state index contributed by atoms with van der Waals surface area (Å²) >= 11 is 0. The molecule has 56 valence electrons. The highest BCUT2D eigenvalue weighted by Gasteiger charge is 2.14. The minimum Gasteiger partial charge on any atom is -0.344 e. The number of alkyl halides is 1. The first kappa shape index (κ1) is 11.4. The molecule has 0 aromatic rings. The molecule has 0 aliphatic heterocycles. The molecule has 0 heterocycles. The number of hydrogen-bond acceptors (Lipinski definition) is 3. The zero-order chi connectivity index (χ0) is 6.78. The zero-order valence-corrected chi connectivity index (χ0v) is 5.57. The highest BCUT2D eigenvalue weighted by Crippen LogP contribution is 1.96. The molecule has 0 aliphatic carbocycles. The van der Waals surface area contributed by atoms with E-state index in [4.69, 9.17) is 0 Å². The Bertz CT molecular complexity index is 176. The van der Waals surface area contributed by atoms with Gasteiger partial charge in [0.15, 0.2) is 0 Å². The van der Waals surface area contributed by atoms with E-state index >= 15 is 0 Å². The topological polar surface area (TPSA) is 95.2 Å². The largest absolute Gasteiger partial charge is 0.344 e. The summed E-state index contributed by atoms with van der Waals surface area (Å²) in [6.07, 6.45) is 0.620. The van der Waals surface area contributed by atoms with Crippen LogP contribution in [0.25, 0.3) is 0 Å². The van der Waals surface area contributed by atoms with E-state index in [2.05, 4.69) is 11.7 Å². The van der Waals surface area contributed by atoms with Crippen LogP contribution in [0, 0.1) is 0 Å². The van der Waals surface area contributed by atoms with Crippen molar-refractivity contribution < 1.29 is 12.8 Å². The van der Waals surface area contributed by atoms with Gasteiger partial charge >= 0.3 is 0 Å². The smallest absolute Gasteiger partial charge is 0.245 e. The molecule has 0 rings (SSSR count). The number of rotatable bonds is 2. The van der Waals surface area contributed by atoms with Crippen LogP contribution in [-0.4, -0.2) is 13.9 Å². The molecule has 6 heteroatoms. The second-order valence-corrected chi connectivity index (χ2v) is 2.80. The van der Waals surface area contributed by atoms with Crippen LogP contribution < -0.4 is 11.3 Å². The summed E-state index contributed by atoms with van der Waals surface area (Å²) in [4.78, 5) is 0. The molecule has 0 saturated heterocycles. The van der Waals surface area contributed by atoms with Crippen LogP contribution in [0.5, 0.6) is 0 Å². The van der Waals surface area contributed by atoms with Gasteiger partial charge in [0.25, 0.3) is 0 Å². The molecule has 5 N–H and O–H groups in total. The van der Waals surface area contributed by atoms with Crippen LogP contribution in [-0.2, 0) is 10.0 Å². The minimum atomic E-state index is -4.04. The van der Waals surface area contributed by atoms with E-state index in [0.29, 0.717) is 6.08 Å². The molecule has 1 unspecified atom stereocenters. The lowest BCUT2D eigenvalue weighted by Crippen LogP contribution is -2.22. The molecule has 0 spiro atoms. The first-order chi connectivity index (χ1) is 3.48. The van der Waals surface area contributed by atoms with Gasteiger partial charge in [-0.1, -0.05) is 6.58 Å². The van der Waals surface area contributed by atoms with Crippen molar-refractivity contribution in [1.29, 1.82) is 0 Å². The summed E-state index contributed by atoms with van der Waals surface area (Å²) in [5, 5.41) is 4.32. The zero-order valence-electron chi connectivity index (χ0n) is 4.75. The van der Waals surface area contributed by atoms with Crippen LogP contribution >= 0.6 is 0 Å². The van der Waals surface area contributed by atoms with Crippen molar-refractivity contribution in [3.05, 3.63) is 12.7 Å². The molecule has 9 heavy (non-hydrogen) atoms. The first-order valence-electron chi connectivity index (χ1n) is 1.76. The fraction of sp³-hybridized carbons (Fsp3) is 0.333. The summed E-state index contributed by atoms with van der Waals surface area (Å²) in [6, 6.07) is 0. The Morgan fingerprint density at radius 2 is 2.00 bits per heavy atom. The van der Waals surface area contributed by atoms with Crippen LogP contribution in [0.4, 0.5) is 4.39 Å². The third-order valence-corrected chi connectivity index (χ3v) is 1.32. The van der Waals surface area contributed by atoms with Crippen molar-refractivity contribution in [2.75, 3.05) is 0 Å². The maximum atomic E-state index is 11.8. The standard InChI is InChI=1S/C3H6FNO2S.H3N/c1-2-3(4)8(5,6)7;/h2-3H,1H2,(H2,5,6,7);1H3. The van der Waals surface area contributed by atoms with E-state index in [1.807, 2.05) is 0 Å². The summed E-state index contributed by atoms with van der Waals surface area (Å²) < 4.78 is 31.6. The molecular weight excluding hydrogens is 147 g/mol. The average Bonchev–Trinajstić information content (AvgIpc) is 1.62. The van der Waals surface area contributed by atoms with E-state index in [-0.39, 0.29) is 6.15 Å². The van der Waals surface area contributed by atoms with Gasteiger partial charge in [0.05, 0.1) is 0 Å². The molecule has 0 aromatic carbocycles. The SMILES string of the molecule is C=CC(F)S(N)(=O)=O.N. The molecule has 0 radical (unpaired) electrons. The molecule has 0 saturated carbocycles. The molecule has 0 aliphatic rings. The normalized spacial score (nSPS) is 13.6. The van der Waals surface area contributed by atoms with Gasteiger partial charge in [0.2, 0.25) is 15.5 Å². The Morgan fingerprint density at radius 1 is 1.67 bits per heavy atom. The Labute approximate surface area is 53.2 Å².